The third-order valence-electron chi connectivity index (χ3n) is 0.476. The quantitative estimate of drug-likeness (QED) is 0.457. The smallest absolute Gasteiger partial charge is 0.322 e. The zero-order chi connectivity index (χ0) is 11.8. The normalized spacial score (nSPS) is 31.2. The lowest BCUT2D eigenvalue weighted by Gasteiger charge is -2.10. The van der Waals surface area contributed by atoms with Crippen molar-refractivity contribution in [2.45, 2.75) is 18.1 Å². The van der Waals surface area contributed by atoms with Crippen molar-refractivity contribution in [3.8, 4) is 0 Å². The van der Waals surface area contributed by atoms with Crippen LogP contribution in [0.25, 0.3) is 0 Å². The monoisotopic (exact) mass is 186 g/mol. The Balaban J connectivity index is 4.70. The molecule has 0 aliphatic rings. The average molecular weight is 187 g/mol. The Kier molecular flexibility index (Phi) is 0.711. The number of carbonyl (C=O) groups is 1. The van der Waals surface area contributed by atoms with Gasteiger partial charge in [-0.15, -0.1) is 0 Å². The van der Waals surface area contributed by atoms with Crippen molar-refractivity contribution in [1.29, 1.82) is 0 Å². The van der Waals surface area contributed by atoms with Crippen LogP contribution in [0.4, 0.5) is 0 Å². The van der Waals surface area contributed by atoms with Crippen LogP contribution in [0, 0.1) is 0 Å². The van der Waals surface area contributed by atoms with E-state index < -0.39 is 24.2 Å². The van der Waals surface area contributed by atoms with Gasteiger partial charge in [0.2, 0.25) is 0 Å². The molecule has 0 aromatic heterocycles. The van der Waals surface area contributed by atoms with Crippen molar-refractivity contribution in [3.63, 3.8) is 0 Å². The Morgan fingerprint density at radius 3 is 3.00 bits per heavy atom. The molecule has 0 bridgehead atoms. The van der Waals surface area contributed by atoms with Crippen molar-refractivity contribution in [2.75, 3.05) is 7.04 Å². The minimum atomic E-state index is -2.93. The first-order valence-electron chi connectivity index (χ1n) is 4.80. The van der Waals surface area contributed by atoms with Gasteiger partial charge in [-0.3, -0.25) is 4.79 Å². The Morgan fingerprint density at radius 1 is 2.00 bits per heavy atom. The van der Waals surface area contributed by atoms with E-state index in [1.54, 1.807) is 0 Å². The molecule has 0 fully saturated rings. The molecule has 2 nitrogen and oxygen atoms in total. The summed E-state index contributed by atoms with van der Waals surface area (Å²) < 4.78 is 42.8. The third-order valence-corrected chi connectivity index (χ3v) is 0.800. The third kappa shape index (κ3) is 2.31. The summed E-state index contributed by atoms with van der Waals surface area (Å²) in [4.78, 5) is 11.1. The molecule has 0 saturated heterocycles. The van der Waals surface area contributed by atoms with Gasteiger partial charge in [0.15, 0.2) is 0 Å². The summed E-state index contributed by atoms with van der Waals surface area (Å²) in [5.41, 5.74) is 0. The molecule has 0 aliphatic heterocycles. The van der Waals surface area contributed by atoms with Crippen molar-refractivity contribution in [2.24, 2.45) is 0 Å². The number of ether oxygens (including phenoxy) is 1. The van der Waals surface area contributed by atoms with Crippen LogP contribution in [0.15, 0.2) is 0 Å². The lowest BCUT2D eigenvalue weighted by molar-refractivity contribution is -0.142. The van der Waals surface area contributed by atoms with Gasteiger partial charge >= 0.3 is 5.97 Å². The fraction of sp³-hybridized carbons (Fsp3) is 0.800. The highest BCUT2D eigenvalue weighted by Gasteiger charge is 2.23. The molecule has 0 radical (unpaired) electrons. The standard InChI is InChI=1S/C5H9BrO2/c1-5(2,6)4(7)8-3/h1-3H3/i1D3,3D3. The van der Waals surface area contributed by atoms with Gasteiger partial charge in [-0.05, 0) is 13.8 Å². The predicted molar refractivity (Wildman–Crippen MR) is 35.0 cm³/mol. The Labute approximate surface area is 65.8 Å². The molecule has 0 aromatic carbocycles. The summed E-state index contributed by atoms with van der Waals surface area (Å²) in [6, 6.07) is 0. The molecule has 0 saturated carbocycles. The van der Waals surface area contributed by atoms with E-state index in [1.165, 1.54) is 0 Å². The fourth-order valence-electron chi connectivity index (χ4n) is 0.0958. The Hall–Kier alpha value is -0.0500. The highest BCUT2D eigenvalue weighted by Crippen LogP contribution is 2.16. The molecule has 48 valence electrons. The van der Waals surface area contributed by atoms with Crippen LogP contribution < -0.4 is 0 Å². The molecule has 0 aliphatic carbocycles. The minimum Gasteiger partial charge on any atom is -0.468 e. The van der Waals surface area contributed by atoms with E-state index in [0.717, 1.165) is 6.92 Å². The van der Waals surface area contributed by atoms with Crippen molar-refractivity contribution in [1.82, 2.24) is 0 Å². The molecule has 0 aromatic rings. The highest BCUT2D eigenvalue weighted by molar-refractivity contribution is 9.10. The maximum atomic E-state index is 11.1. The molecule has 3 heteroatoms. The number of esters is 1. The molecular formula is C5H9BrO2. The van der Waals surface area contributed by atoms with Crippen molar-refractivity contribution in [3.05, 3.63) is 0 Å². The molecule has 1 atom stereocenters. The Morgan fingerprint density at radius 2 is 2.62 bits per heavy atom. The first-order chi connectivity index (χ1) is 5.88. The lowest BCUT2D eigenvalue weighted by Crippen LogP contribution is -2.24. The van der Waals surface area contributed by atoms with Crippen LogP contribution >= 0.6 is 15.9 Å². The van der Waals surface area contributed by atoms with Crippen LogP contribution in [0.5, 0.6) is 0 Å². The van der Waals surface area contributed by atoms with Crippen LogP contribution in [-0.2, 0) is 9.53 Å². The SMILES string of the molecule is [2H]C([2H])([2H])OC(=O)C(C)(Br)C([2H])([2H])[2H]. The average Bonchev–Trinajstić information content (AvgIpc) is 1.80. The second-order valence-corrected chi connectivity index (χ2v) is 2.98. The van der Waals surface area contributed by atoms with Gasteiger partial charge in [0.1, 0.15) is 4.32 Å². The number of carbonyl (C=O) groups excluding carboxylic acids is 1. The summed E-state index contributed by atoms with van der Waals surface area (Å²) in [6.07, 6.45) is 0. The number of rotatable bonds is 1. The second-order valence-electron chi connectivity index (χ2n) is 1.39. The molecule has 0 amide bonds. The predicted octanol–water partition coefficient (Wildman–Crippen LogP) is 1.33. The number of halogens is 1. The van der Waals surface area contributed by atoms with Gasteiger partial charge in [0.25, 0.3) is 0 Å². The number of methoxy groups -OCH3 is 1. The molecule has 0 N–H and O–H groups in total. The maximum absolute atomic E-state index is 11.1. The van der Waals surface area contributed by atoms with E-state index in [0.29, 0.717) is 0 Å². The molecule has 0 heterocycles. The number of hydrogen-bond donors (Lipinski definition) is 0. The van der Waals surface area contributed by atoms with Gasteiger partial charge in [-0.2, -0.15) is 0 Å². The van der Waals surface area contributed by atoms with E-state index >= 15 is 0 Å². The topological polar surface area (TPSA) is 26.3 Å². The maximum Gasteiger partial charge on any atom is 0.322 e. The molecule has 8 heavy (non-hydrogen) atoms. The van der Waals surface area contributed by atoms with Gasteiger partial charge in [-0.1, -0.05) is 15.9 Å². The molecule has 0 spiro atoms. The van der Waals surface area contributed by atoms with Gasteiger partial charge in [0, 0.05) is 4.11 Å². The van der Waals surface area contributed by atoms with E-state index in [1.807, 2.05) is 0 Å². The molecular weight excluding hydrogens is 172 g/mol. The second kappa shape index (κ2) is 2.49. The molecule has 1 unspecified atom stereocenters. The summed E-state index contributed by atoms with van der Waals surface area (Å²) in [5, 5.41) is 0. The van der Waals surface area contributed by atoms with E-state index in [2.05, 4.69) is 20.7 Å². The summed E-state index contributed by atoms with van der Waals surface area (Å²) in [6.45, 7) is -1.64. The number of hydrogen-bond acceptors (Lipinski definition) is 2. The zero-order valence-corrected chi connectivity index (χ0v) is 5.78. The highest BCUT2D eigenvalue weighted by atomic mass is 79.9. The molecule has 0 rings (SSSR count). The summed E-state index contributed by atoms with van der Waals surface area (Å²) in [7, 11) is -2.93. The minimum absolute atomic E-state index is 1.04. The van der Waals surface area contributed by atoms with Crippen LogP contribution in [-0.4, -0.2) is 17.3 Å². The number of alkyl halides is 1. The Bertz CT molecular complexity index is 229. The van der Waals surface area contributed by atoms with Crippen molar-refractivity contribution >= 4 is 21.9 Å². The van der Waals surface area contributed by atoms with Gasteiger partial charge in [0.05, 0.1) is 11.2 Å². The first-order valence-corrected chi connectivity index (χ1v) is 2.59. The first kappa shape index (κ1) is 2.29. The van der Waals surface area contributed by atoms with E-state index in [4.69, 9.17) is 8.22 Å². The van der Waals surface area contributed by atoms with Crippen molar-refractivity contribution < 1.29 is 17.8 Å². The lowest BCUT2D eigenvalue weighted by atomic mass is 10.2. The largest absolute Gasteiger partial charge is 0.468 e. The van der Waals surface area contributed by atoms with E-state index in [-0.39, 0.29) is 0 Å². The van der Waals surface area contributed by atoms with Crippen LogP contribution in [0.2, 0.25) is 0 Å². The van der Waals surface area contributed by atoms with Gasteiger partial charge in [-0.25, -0.2) is 0 Å². The van der Waals surface area contributed by atoms with E-state index in [9.17, 15) is 4.79 Å². The van der Waals surface area contributed by atoms with Crippen LogP contribution in [0.1, 0.15) is 22.0 Å². The summed E-state index contributed by atoms with van der Waals surface area (Å²) in [5.74, 6) is -1.34. The fourth-order valence-corrected chi connectivity index (χ4v) is 0.177. The van der Waals surface area contributed by atoms with Gasteiger partial charge < -0.3 is 4.74 Å². The summed E-state index contributed by atoms with van der Waals surface area (Å²) >= 11 is 2.63. The van der Waals surface area contributed by atoms with Crippen LogP contribution in [0.3, 0.4) is 0 Å². The zero-order valence-electron chi connectivity index (χ0n) is 10.2.